The van der Waals surface area contributed by atoms with E-state index in [1.165, 1.54) is 0 Å². The lowest BCUT2D eigenvalue weighted by Gasteiger charge is -2.16. The molecular formula is C16H13BrClN3. The number of rotatable bonds is 3. The fourth-order valence-electron chi connectivity index (χ4n) is 2.24. The van der Waals surface area contributed by atoms with E-state index >= 15 is 0 Å². The molecule has 3 aromatic rings. The van der Waals surface area contributed by atoms with Crippen molar-refractivity contribution in [1.29, 1.82) is 0 Å². The van der Waals surface area contributed by atoms with Crippen LogP contribution in [0.1, 0.15) is 17.3 Å². The van der Waals surface area contributed by atoms with E-state index in [2.05, 4.69) is 20.9 Å². The van der Waals surface area contributed by atoms with Crippen LogP contribution in [0.15, 0.2) is 65.5 Å². The quantitative estimate of drug-likeness (QED) is 0.753. The summed E-state index contributed by atoms with van der Waals surface area (Å²) in [4.78, 5) is 4.23. The molecule has 2 N–H and O–H groups in total. The average Bonchev–Trinajstić information content (AvgIpc) is 2.99. The Morgan fingerprint density at radius 2 is 1.90 bits per heavy atom. The summed E-state index contributed by atoms with van der Waals surface area (Å²) in [5.74, 6) is 0. The summed E-state index contributed by atoms with van der Waals surface area (Å²) in [5.41, 5.74) is 9.24. The van der Waals surface area contributed by atoms with Gasteiger partial charge < -0.3 is 10.3 Å². The first-order valence-corrected chi connectivity index (χ1v) is 7.62. The molecule has 0 aliphatic rings. The first kappa shape index (κ1) is 14.3. The smallest absolute Gasteiger partial charge is 0.0995 e. The third kappa shape index (κ3) is 2.88. The number of aromatic nitrogens is 2. The minimum atomic E-state index is -0.250. The summed E-state index contributed by atoms with van der Waals surface area (Å²) < 4.78 is 2.89. The number of imidazole rings is 1. The molecule has 1 aromatic heterocycles. The standard InChI is InChI=1S/C16H13BrClN3/c17-13-7-6-12(18)8-14(13)21-10-20-9-15(21)16(19)11-4-2-1-3-5-11/h1-10,16H,19H2. The number of hydrogen-bond acceptors (Lipinski definition) is 2. The first-order valence-electron chi connectivity index (χ1n) is 6.45. The van der Waals surface area contributed by atoms with Crippen molar-refractivity contribution in [2.75, 3.05) is 0 Å². The van der Waals surface area contributed by atoms with Crippen LogP contribution in [0.25, 0.3) is 5.69 Å². The molecule has 0 radical (unpaired) electrons. The summed E-state index contributed by atoms with van der Waals surface area (Å²) in [7, 11) is 0. The first-order chi connectivity index (χ1) is 10.2. The lowest BCUT2D eigenvalue weighted by molar-refractivity contribution is 0.792. The Morgan fingerprint density at radius 3 is 2.67 bits per heavy atom. The Kier molecular flexibility index (Phi) is 4.10. The van der Waals surface area contributed by atoms with Crippen molar-refractivity contribution in [3.8, 4) is 5.69 Å². The van der Waals surface area contributed by atoms with Crippen LogP contribution in [0.4, 0.5) is 0 Å². The van der Waals surface area contributed by atoms with Crippen LogP contribution in [0.5, 0.6) is 0 Å². The molecule has 0 aliphatic carbocycles. The van der Waals surface area contributed by atoms with Gasteiger partial charge in [0.05, 0.1) is 29.9 Å². The Bertz CT molecular complexity index is 755. The zero-order valence-electron chi connectivity index (χ0n) is 11.1. The van der Waals surface area contributed by atoms with Crippen LogP contribution < -0.4 is 5.73 Å². The molecule has 1 heterocycles. The van der Waals surface area contributed by atoms with Gasteiger partial charge >= 0.3 is 0 Å². The van der Waals surface area contributed by atoms with Crippen molar-refractivity contribution >= 4 is 27.5 Å². The highest BCUT2D eigenvalue weighted by molar-refractivity contribution is 9.10. The predicted molar refractivity (Wildman–Crippen MR) is 88.7 cm³/mol. The molecule has 21 heavy (non-hydrogen) atoms. The van der Waals surface area contributed by atoms with E-state index in [4.69, 9.17) is 17.3 Å². The van der Waals surface area contributed by atoms with Gasteiger partial charge in [-0.25, -0.2) is 4.98 Å². The molecule has 0 fully saturated rings. The maximum atomic E-state index is 6.38. The van der Waals surface area contributed by atoms with Crippen LogP contribution in [-0.4, -0.2) is 9.55 Å². The van der Waals surface area contributed by atoms with Gasteiger partial charge in [-0.15, -0.1) is 0 Å². The van der Waals surface area contributed by atoms with Gasteiger partial charge in [-0.2, -0.15) is 0 Å². The van der Waals surface area contributed by atoms with E-state index in [9.17, 15) is 0 Å². The lowest BCUT2D eigenvalue weighted by atomic mass is 10.1. The number of hydrogen-bond donors (Lipinski definition) is 1. The van der Waals surface area contributed by atoms with Crippen LogP contribution in [0.3, 0.4) is 0 Å². The van der Waals surface area contributed by atoms with E-state index in [0.717, 1.165) is 21.4 Å². The molecule has 2 aromatic carbocycles. The molecule has 0 spiro atoms. The summed E-state index contributed by atoms with van der Waals surface area (Å²) in [6.45, 7) is 0. The second kappa shape index (κ2) is 6.02. The van der Waals surface area contributed by atoms with Gasteiger partial charge in [-0.3, -0.25) is 0 Å². The average molecular weight is 363 g/mol. The number of nitrogens with two attached hydrogens (primary N) is 1. The molecule has 5 heteroatoms. The van der Waals surface area contributed by atoms with Gasteiger partial charge in [-0.05, 0) is 39.7 Å². The highest BCUT2D eigenvalue weighted by Crippen LogP contribution is 2.28. The van der Waals surface area contributed by atoms with Gasteiger partial charge in [0.1, 0.15) is 0 Å². The Hall–Kier alpha value is -1.62. The predicted octanol–water partition coefficient (Wildman–Crippen LogP) is 4.34. The van der Waals surface area contributed by atoms with E-state index in [1.54, 1.807) is 12.5 Å². The monoisotopic (exact) mass is 361 g/mol. The Labute approximate surface area is 136 Å². The van der Waals surface area contributed by atoms with Gasteiger partial charge in [-0.1, -0.05) is 41.9 Å². The second-order valence-corrected chi connectivity index (χ2v) is 5.96. The van der Waals surface area contributed by atoms with Crippen molar-refractivity contribution in [3.05, 3.63) is 81.8 Å². The van der Waals surface area contributed by atoms with Crippen molar-refractivity contribution in [1.82, 2.24) is 9.55 Å². The largest absolute Gasteiger partial charge is 0.319 e. The van der Waals surface area contributed by atoms with E-state index in [1.807, 2.05) is 53.1 Å². The molecule has 106 valence electrons. The van der Waals surface area contributed by atoms with Crippen LogP contribution >= 0.6 is 27.5 Å². The SMILES string of the molecule is NC(c1ccccc1)c1cncn1-c1cc(Cl)ccc1Br. The molecule has 0 bridgehead atoms. The van der Waals surface area contributed by atoms with E-state index in [-0.39, 0.29) is 6.04 Å². The highest BCUT2D eigenvalue weighted by Gasteiger charge is 2.16. The lowest BCUT2D eigenvalue weighted by Crippen LogP contribution is -2.16. The van der Waals surface area contributed by atoms with Crippen LogP contribution in [0.2, 0.25) is 5.02 Å². The summed E-state index contributed by atoms with van der Waals surface area (Å²) in [6, 6.07) is 15.3. The van der Waals surface area contributed by atoms with Gasteiger partial charge in [0.25, 0.3) is 0 Å². The van der Waals surface area contributed by atoms with Crippen LogP contribution in [-0.2, 0) is 0 Å². The van der Waals surface area contributed by atoms with Crippen molar-refractivity contribution in [3.63, 3.8) is 0 Å². The molecule has 1 atom stereocenters. The summed E-state index contributed by atoms with van der Waals surface area (Å²) >= 11 is 9.64. The molecule has 0 aliphatic heterocycles. The van der Waals surface area contributed by atoms with Crippen molar-refractivity contribution in [2.24, 2.45) is 5.73 Å². The van der Waals surface area contributed by atoms with E-state index in [0.29, 0.717) is 5.02 Å². The van der Waals surface area contributed by atoms with Crippen LogP contribution in [0, 0.1) is 0 Å². The summed E-state index contributed by atoms with van der Waals surface area (Å²) in [5, 5.41) is 0.668. The fraction of sp³-hybridized carbons (Fsp3) is 0.0625. The van der Waals surface area contributed by atoms with Crippen molar-refractivity contribution in [2.45, 2.75) is 6.04 Å². The third-order valence-electron chi connectivity index (χ3n) is 3.31. The molecule has 3 nitrogen and oxygen atoms in total. The molecule has 0 saturated heterocycles. The second-order valence-electron chi connectivity index (χ2n) is 4.67. The Balaban J connectivity index is 2.07. The molecule has 1 unspecified atom stereocenters. The Morgan fingerprint density at radius 1 is 1.14 bits per heavy atom. The normalized spacial score (nSPS) is 12.3. The van der Waals surface area contributed by atoms with Gasteiger partial charge in [0.15, 0.2) is 0 Å². The summed E-state index contributed by atoms with van der Waals surface area (Å²) in [6.07, 6.45) is 3.53. The maximum absolute atomic E-state index is 6.38. The number of halogens is 2. The van der Waals surface area contributed by atoms with Crippen molar-refractivity contribution < 1.29 is 0 Å². The number of nitrogens with zero attached hydrogens (tertiary/aromatic N) is 2. The number of benzene rings is 2. The van der Waals surface area contributed by atoms with Gasteiger partial charge in [0.2, 0.25) is 0 Å². The third-order valence-corrected chi connectivity index (χ3v) is 4.22. The zero-order chi connectivity index (χ0) is 14.8. The molecule has 0 amide bonds. The van der Waals surface area contributed by atoms with Gasteiger partial charge in [0, 0.05) is 9.50 Å². The fourth-order valence-corrected chi connectivity index (χ4v) is 2.84. The molecule has 0 saturated carbocycles. The molecular weight excluding hydrogens is 350 g/mol. The minimum Gasteiger partial charge on any atom is -0.319 e. The topological polar surface area (TPSA) is 43.8 Å². The van der Waals surface area contributed by atoms with E-state index < -0.39 is 0 Å². The maximum Gasteiger partial charge on any atom is 0.0995 e. The molecule has 3 rings (SSSR count). The highest BCUT2D eigenvalue weighted by atomic mass is 79.9. The minimum absolute atomic E-state index is 0.250. The zero-order valence-corrected chi connectivity index (χ0v) is 13.4.